The number of hydrogen-bond acceptors (Lipinski definition) is 2. The third kappa shape index (κ3) is 3.29. The summed E-state index contributed by atoms with van der Waals surface area (Å²) >= 11 is 0. The number of rotatable bonds is 4. The van der Waals surface area contributed by atoms with Crippen molar-refractivity contribution < 1.29 is 8.81 Å². The molecule has 1 aromatic heterocycles. The van der Waals surface area contributed by atoms with Gasteiger partial charge in [0.2, 0.25) is 0 Å². The molecule has 0 amide bonds. The third-order valence-corrected chi connectivity index (χ3v) is 3.65. The highest BCUT2D eigenvalue weighted by atomic mass is 19.1. The number of halogens is 1. The molecular formula is C18H26FNO. The molecule has 0 aliphatic rings. The lowest BCUT2D eigenvalue weighted by molar-refractivity contribution is 0.464. The van der Waals surface area contributed by atoms with Crippen LogP contribution in [0.25, 0.3) is 11.0 Å². The van der Waals surface area contributed by atoms with Gasteiger partial charge in [-0.2, -0.15) is 0 Å². The fourth-order valence-electron chi connectivity index (χ4n) is 2.73. The smallest absolute Gasteiger partial charge is 0.140 e. The Kier molecular flexibility index (Phi) is 4.43. The van der Waals surface area contributed by atoms with E-state index in [0.29, 0.717) is 23.4 Å². The molecular weight excluding hydrogens is 265 g/mol. The summed E-state index contributed by atoms with van der Waals surface area (Å²) in [4.78, 5) is 0. The number of furan rings is 1. The fraction of sp³-hybridized carbons (Fsp3) is 0.556. The van der Waals surface area contributed by atoms with Gasteiger partial charge in [0.15, 0.2) is 0 Å². The SMILES string of the molecule is Cc1ccc(F)c2c(C(C)(C)C)c(CNCC(C)C)oc12. The van der Waals surface area contributed by atoms with E-state index in [9.17, 15) is 4.39 Å². The first-order valence-corrected chi connectivity index (χ1v) is 7.63. The lowest BCUT2D eigenvalue weighted by Crippen LogP contribution is -2.21. The van der Waals surface area contributed by atoms with Crippen LogP contribution in [0.5, 0.6) is 0 Å². The van der Waals surface area contributed by atoms with Crippen LogP contribution < -0.4 is 5.32 Å². The van der Waals surface area contributed by atoms with E-state index in [2.05, 4.69) is 39.9 Å². The molecule has 0 fully saturated rings. The Bertz CT molecular complexity index is 635. The zero-order chi connectivity index (χ0) is 15.8. The van der Waals surface area contributed by atoms with Crippen LogP contribution in [-0.2, 0) is 12.0 Å². The number of aryl methyl sites for hydroxylation is 1. The van der Waals surface area contributed by atoms with Crippen molar-refractivity contribution in [3.8, 4) is 0 Å². The van der Waals surface area contributed by atoms with E-state index in [0.717, 1.165) is 23.4 Å². The molecule has 0 unspecified atom stereocenters. The number of fused-ring (bicyclic) bond motifs is 1. The van der Waals surface area contributed by atoms with Gasteiger partial charge in [-0.3, -0.25) is 0 Å². The lowest BCUT2D eigenvalue weighted by atomic mass is 9.84. The highest BCUT2D eigenvalue weighted by molar-refractivity contribution is 5.86. The maximum absolute atomic E-state index is 14.3. The summed E-state index contributed by atoms with van der Waals surface area (Å²) in [6, 6.07) is 3.31. The van der Waals surface area contributed by atoms with Crippen LogP contribution in [-0.4, -0.2) is 6.54 Å². The molecule has 2 nitrogen and oxygen atoms in total. The molecule has 0 saturated heterocycles. The van der Waals surface area contributed by atoms with Crippen LogP contribution in [0.2, 0.25) is 0 Å². The quantitative estimate of drug-likeness (QED) is 0.864. The molecule has 0 radical (unpaired) electrons. The van der Waals surface area contributed by atoms with Gasteiger partial charge in [-0.05, 0) is 36.4 Å². The van der Waals surface area contributed by atoms with E-state index >= 15 is 0 Å². The third-order valence-electron chi connectivity index (χ3n) is 3.65. The van der Waals surface area contributed by atoms with Crippen molar-refractivity contribution >= 4 is 11.0 Å². The second-order valence-electron chi connectivity index (χ2n) is 7.24. The Morgan fingerprint density at radius 3 is 2.48 bits per heavy atom. The summed E-state index contributed by atoms with van der Waals surface area (Å²) in [5.74, 6) is 1.23. The van der Waals surface area contributed by atoms with Crippen molar-refractivity contribution in [1.29, 1.82) is 0 Å². The molecule has 0 aliphatic heterocycles. The number of benzene rings is 1. The Morgan fingerprint density at radius 1 is 1.24 bits per heavy atom. The van der Waals surface area contributed by atoms with E-state index in [-0.39, 0.29) is 11.2 Å². The maximum atomic E-state index is 14.3. The first-order valence-electron chi connectivity index (χ1n) is 7.63. The Morgan fingerprint density at radius 2 is 1.90 bits per heavy atom. The largest absolute Gasteiger partial charge is 0.459 e. The second kappa shape index (κ2) is 5.80. The first kappa shape index (κ1) is 16.0. The highest BCUT2D eigenvalue weighted by Crippen LogP contribution is 2.38. The summed E-state index contributed by atoms with van der Waals surface area (Å²) in [6.45, 7) is 14.2. The van der Waals surface area contributed by atoms with E-state index in [4.69, 9.17) is 4.42 Å². The monoisotopic (exact) mass is 291 g/mol. The fourth-order valence-corrected chi connectivity index (χ4v) is 2.73. The van der Waals surface area contributed by atoms with Gasteiger partial charge in [-0.15, -0.1) is 0 Å². The molecule has 2 aromatic rings. The molecule has 21 heavy (non-hydrogen) atoms. The van der Waals surface area contributed by atoms with Crippen molar-refractivity contribution in [1.82, 2.24) is 5.32 Å². The molecule has 116 valence electrons. The Hall–Kier alpha value is -1.35. The van der Waals surface area contributed by atoms with Crippen LogP contribution in [0.3, 0.4) is 0 Å². The zero-order valence-corrected chi connectivity index (χ0v) is 13.9. The van der Waals surface area contributed by atoms with E-state index < -0.39 is 0 Å². The van der Waals surface area contributed by atoms with Crippen LogP contribution >= 0.6 is 0 Å². The van der Waals surface area contributed by atoms with Gasteiger partial charge in [0, 0.05) is 5.56 Å². The molecule has 1 aromatic carbocycles. The van der Waals surface area contributed by atoms with Crippen LogP contribution in [0, 0.1) is 18.7 Å². The normalized spacial score (nSPS) is 12.6. The van der Waals surface area contributed by atoms with Crippen LogP contribution in [0.1, 0.15) is 51.5 Å². The minimum Gasteiger partial charge on any atom is -0.459 e. The van der Waals surface area contributed by atoms with Crippen molar-refractivity contribution in [3.63, 3.8) is 0 Å². The van der Waals surface area contributed by atoms with Crippen molar-refractivity contribution in [2.24, 2.45) is 5.92 Å². The van der Waals surface area contributed by atoms with Gasteiger partial charge in [0.25, 0.3) is 0 Å². The van der Waals surface area contributed by atoms with Crippen molar-refractivity contribution in [2.45, 2.75) is 53.5 Å². The predicted octanol–water partition coefficient (Wildman–Crippen LogP) is 4.92. The van der Waals surface area contributed by atoms with E-state index in [1.54, 1.807) is 6.07 Å². The van der Waals surface area contributed by atoms with Crippen LogP contribution in [0.4, 0.5) is 4.39 Å². The molecule has 0 bridgehead atoms. The van der Waals surface area contributed by atoms with E-state index in [1.165, 1.54) is 6.07 Å². The highest BCUT2D eigenvalue weighted by Gasteiger charge is 2.27. The molecule has 2 rings (SSSR count). The molecule has 0 spiro atoms. The minimum atomic E-state index is -0.195. The molecule has 0 saturated carbocycles. The maximum Gasteiger partial charge on any atom is 0.140 e. The summed E-state index contributed by atoms with van der Waals surface area (Å²) in [7, 11) is 0. The second-order valence-corrected chi connectivity index (χ2v) is 7.24. The Labute approximate surface area is 126 Å². The summed E-state index contributed by atoms with van der Waals surface area (Å²) < 4.78 is 20.4. The average molecular weight is 291 g/mol. The molecule has 0 atom stereocenters. The van der Waals surface area contributed by atoms with E-state index in [1.807, 2.05) is 6.92 Å². The first-order chi connectivity index (χ1) is 9.71. The Balaban J connectivity index is 2.54. The minimum absolute atomic E-state index is 0.158. The van der Waals surface area contributed by atoms with Gasteiger partial charge in [-0.25, -0.2) is 4.39 Å². The van der Waals surface area contributed by atoms with Gasteiger partial charge in [-0.1, -0.05) is 40.7 Å². The van der Waals surface area contributed by atoms with Gasteiger partial charge >= 0.3 is 0 Å². The molecule has 1 N–H and O–H groups in total. The van der Waals surface area contributed by atoms with Crippen molar-refractivity contribution in [2.75, 3.05) is 6.54 Å². The lowest BCUT2D eigenvalue weighted by Gasteiger charge is -2.20. The summed E-state index contributed by atoms with van der Waals surface area (Å²) in [5, 5.41) is 4.04. The zero-order valence-electron chi connectivity index (χ0n) is 13.9. The average Bonchev–Trinajstić information content (AvgIpc) is 2.74. The van der Waals surface area contributed by atoms with Gasteiger partial charge < -0.3 is 9.73 Å². The van der Waals surface area contributed by atoms with Crippen LogP contribution in [0.15, 0.2) is 16.5 Å². The molecule has 0 aliphatic carbocycles. The standard InChI is InChI=1S/C18H26FNO/c1-11(2)9-20-10-14-16(18(4,5)6)15-13(19)8-7-12(3)17(15)21-14/h7-8,11,20H,9-10H2,1-6H3. The summed E-state index contributed by atoms with van der Waals surface area (Å²) in [6.07, 6.45) is 0. The summed E-state index contributed by atoms with van der Waals surface area (Å²) in [5.41, 5.74) is 2.48. The predicted molar refractivity (Wildman–Crippen MR) is 86.2 cm³/mol. The topological polar surface area (TPSA) is 25.2 Å². The van der Waals surface area contributed by atoms with Crippen molar-refractivity contribution in [3.05, 3.63) is 34.8 Å². The number of hydrogen-bond donors (Lipinski definition) is 1. The van der Waals surface area contributed by atoms with Gasteiger partial charge in [0.1, 0.15) is 17.2 Å². The number of nitrogens with one attached hydrogen (secondary N) is 1. The molecule has 3 heteroatoms. The van der Waals surface area contributed by atoms with Gasteiger partial charge in [0.05, 0.1) is 11.9 Å². The molecule has 1 heterocycles.